The van der Waals surface area contributed by atoms with E-state index in [0.29, 0.717) is 0 Å². The molecule has 0 aliphatic carbocycles. The van der Waals surface area contributed by atoms with Gasteiger partial charge in [-0.25, -0.2) is 9.97 Å². The fourth-order valence-electron chi connectivity index (χ4n) is 1.79. The quantitative estimate of drug-likeness (QED) is 0.804. The molecule has 0 saturated carbocycles. The number of benzene rings is 1. The third-order valence-corrected chi connectivity index (χ3v) is 3.36. The van der Waals surface area contributed by atoms with Crippen molar-refractivity contribution in [2.75, 3.05) is 11.4 Å². The van der Waals surface area contributed by atoms with E-state index < -0.39 is 0 Å². The van der Waals surface area contributed by atoms with Crippen LogP contribution in [0.1, 0.15) is 18.1 Å². The van der Waals surface area contributed by atoms with Gasteiger partial charge in [-0.05, 0) is 37.1 Å². The Labute approximate surface area is 116 Å². The predicted molar refractivity (Wildman–Crippen MR) is 78.5 cm³/mol. The molecule has 4 heteroatoms. The van der Waals surface area contributed by atoms with Crippen molar-refractivity contribution in [3.05, 3.63) is 47.8 Å². The molecule has 0 unspecified atom stereocenters. The summed E-state index contributed by atoms with van der Waals surface area (Å²) in [5, 5.41) is 0.782. The lowest BCUT2D eigenvalue weighted by molar-refractivity contribution is 0.939. The second kappa shape index (κ2) is 5.96. The van der Waals surface area contributed by atoms with Gasteiger partial charge in [0.2, 0.25) is 5.95 Å². The van der Waals surface area contributed by atoms with Crippen molar-refractivity contribution in [1.82, 2.24) is 9.97 Å². The molecule has 0 atom stereocenters. The Morgan fingerprint density at radius 1 is 1.22 bits per heavy atom. The molecule has 0 aliphatic rings. The average molecular weight is 306 g/mol. The molecule has 1 aromatic heterocycles. The van der Waals surface area contributed by atoms with Crippen molar-refractivity contribution in [3.8, 4) is 0 Å². The SMILES string of the molecule is CCN(c1cccc(C)c1)c1ncc(CBr)cn1. The molecule has 0 saturated heterocycles. The van der Waals surface area contributed by atoms with Gasteiger partial charge in [-0.3, -0.25) is 0 Å². The smallest absolute Gasteiger partial charge is 0.229 e. The molecule has 18 heavy (non-hydrogen) atoms. The first-order chi connectivity index (χ1) is 8.74. The number of aryl methyl sites for hydroxylation is 1. The van der Waals surface area contributed by atoms with Crippen LogP contribution in [0.5, 0.6) is 0 Å². The summed E-state index contributed by atoms with van der Waals surface area (Å²) in [6.45, 7) is 5.04. The number of alkyl halides is 1. The van der Waals surface area contributed by atoms with Gasteiger partial charge in [0.05, 0.1) is 0 Å². The molecule has 94 valence electrons. The van der Waals surface area contributed by atoms with Crippen molar-refractivity contribution < 1.29 is 0 Å². The second-order valence-corrected chi connectivity index (χ2v) is 4.67. The van der Waals surface area contributed by atoms with Crippen LogP contribution >= 0.6 is 15.9 Å². The molecule has 2 aromatic rings. The molecule has 0 N–H and O–H groups in total. The van der Waals surface area contributed by atoms with Crippen molar-refractivity contribution in [2.45, 2.75) is 19.2 Å². The molecule has 0 amide bonds. The molecular formula is C14H16BrN3. The van der Waals surface area contributed by atoms with Crippen LogP contribution in [0.2, 0.25) is 0 Å². The number of hydrogen-bond donors (Lipinski definition) is 0. The van der Waals surface area contributed by atoms with Crippen molar-refractivity contribution in [1.29, 1.82) is 0 Å². The minimum absolute atomic E-state index is 0.743. The maximum atomic E-state index is 4.41. The van der Waals surface area contributed by atoms with Gasteiger partial charge in [0, 0.05) is 30.0 Å². The zero-order chi connectivity index (χ0) is 13.0. The van der Waals surface area contributed by atoms with E-state index in [9.17, 15) is 0 Å². The molecule has 3 nitrogen and oxygen atoms in total. The molecule has 0 spiro atoms. The Bertz CT molecular complexity index is 511. The van der Waals surface area contributed by atoms with Crippen LogP contribution in [-0.2, 0) is 5.33 Å². The third kappa shape index (κ3) is 2.88. The van der Waals surface area contributed by atoms with Crippen LogP contribution in [0.15, 0.2) is 36.7 Å². The summed E-state index contributed by atoms with van der Waals surface area (Å²) in [6.07, 6.45) is 3.71. The van der Waals surface area contributed by atoms with E-state index in [1.54, 1.807) is 0 Å². The predicted octanol–water partition coefficient (Wildman–Crippen LogP) is 3.84. The summed E-state index contributed by atoms with van der Waals surface area (Å²) in [5.41, 5.74) is 3.45. The van der Waals surface area contributed by atoms with Crippen molar-refractivity contribution in [3.63, 3.8) is 0 Å². The summed E-state index contributed by atoms with van der Waals surface area (Å²) >= 11 is 3.40. The topological polar surface area (TPSA) is 29.0 Å². The largest absolute Gasteiger partial charge is 0.311 e. The van der Waals surface area contributed by atoms with Crippen molar-refractivity contribution >= 4 is 27.6 Å². The number of halogens is 1. The van der Waals surface area contributed by atoms with Gasteiger partial charge in [0.15, 0.2) is 0 Å². The maximum absolute atomic E-state index is 4.41. The third-order valence-electron chi connectivity index (χ3n) is 2.72. The molecule has 1 aromatic carbocycles. The molecule has 0 bridgehead atoms. The molecule has 0 fully saturated rings. The lowest BCUT2D eigenvalue weighted by Gasteiger charge is -2.21. The summed E-state index contributed by atoms with van der Waals surface area (Å²) in [6, 6.07) is 8.37. The highest BCUT2D eigenvalue weighted by Gasteiger charge is 2.09. The Morgan fingerprint density at radius 2 is 1.94 bits per heavy atom. The van der Waals surface area contributed by atoms with E-state index >= 15 is 0 Å². The first kappa shape index (κ1) is 13.0. The molecule has 2 rings (SSSR count). The summed E-state index contributed by atoms with van der Waals surface area (Å²) in [5.74, 6) is 0.743. The summed E-state index contributed by atoms with van der Waals surface area (Å²) in [4.78, 5) is 10.9. The molecule has 0 aliphatic heterocycles. The second-order valence-electron chi connectivity index (χ2n) is 4.11. The van der Waals surface area contributed by atoms with Gasteiger partial charge in [0.25, 0.3) is 0 Å². The van der Waals surface area contributed by atoms with E-state index in [0.717, 1.165) is 29.1 Å². The van der Waals surface area contributed by atoms with Crippen LogP contribution in [0.3, 0.4) is 0 Å². The molecular weight excluding hydrogens is 290 g/mol. The van der Waals surface area contributed by atoms with E-state index in [1.807, 2.05) is 12.4 Å². The van der Waals surface area contributed by atoms with Gasteiger partial charge >= 0.3 is 0 Å². The Balaban J connectivity index is 2.32. The van der Waals surface area contributed by atoms with E-state index in [4.69, 9.17) is 0 Å². The van der Waals surface area contributed by atoms with Crippen LogP contribution in [0.25, 0.3) is 0 Å². The number of rotatable bonds is 4. The molecule has 1 heterocycles. The Hall–Kier alpha value is -1.42. The first-order valence-electron chi connectivity index (χ1n) is 5.95. The number of hydrogen-bond acceptors (Lipinski definition) is 3. The van der Waals surface area contributed by atoms with Gasteiger partial charge in [0.1, 0.15) is 0 Å². The fourth-order valence-corrected chi connectivity index (χ4v) is 2.08. The van der Waals surface area contributed by atoms with Gasteiger partial charge in [-0.1, -0.05) is 28.1 Å². The standard InChI is InChI=1S/C14H16BrN3/c1-3-18(13-6-4-5-11(2)7-13)14-16-9-12(8-15)10-17-14/h4-7,9-10H,3,8H2,1-2H3. The monoisotopic (exact) mass is 305 g/mol. The Kier molecular flexibility index (Phi) is 4.31. The highest BCUT2D eigenvalue weighted by atomic mass is 79.9. The highest BCUT2D eigenvalue weighted by molar-refractivity contribution is 9.08. The van der Waals surface area contributed by atoms with E-state index in [-0.39, 0.29) is 0 Å². The number of anilines is 2. The van der Waals surface area contributed by atoms with Gasteiger partial charge < -0.3 is 4.90 Å². The first-order valence-corrected chi connectivity index (χ1v) is 7.08. The van der Waals surface area contributed by atoms with Crippen LogP contribution in [0, 0.1) is 6.92 Å². The number of aromatic nitrogens is 2. The summed E-state index contributed by atoms with van der Waals surface area (Å²) < 4.78 is 0. The highest BCUT2D eigenvalue weighted by Crippen LogP contribution is 2.22. The normalized spacial score (nSPS) is 10.4. The summed E-state index contributed by atoms with van der Waals surface area (Å²) in [7, 11) is 0. The average Bonchev–Trinajstić information content (AvgIpc) is 2.40. The van der Waals surface area contributed by atoms with E-state index in [2.05, 4.69) is 68.9 Å². The lowest BCUT2D eigenvalue weighted by Crippen LogP contribution is -2.18. The van der Waals surface area contributed by atoms with Crippen LogP contribution < -0.4 is 4.90 Å². The van der Waals surface area contributed by atoms with Crippen LogP contribution in [-0.4, -0.2) is 16.5 Å². The van der Waals surface area contributed by atoms with Gasteiger partial charge in [-0.15, -0.1) is 0 Å². The zero-order valence-electron chi connectivity index (χ0n) is 10.6. The minimum atomic E-state index is 0.743. The number of nitrogens with zero attached hydrogens (tertiary/aromatic N) is 3. The Morgan fingerprint density at radius 3 is 2.50 bits per heavy atom. The minimum Gasteiger partial charge on any atom is -0.311 e. The van der Waals surface area contributed by atoms with E-state index in [1.165, 1.54) is 5.56 Å². The maximum Gasteiger partial charge on any atom is 0.229 e. The zero-order valence-corrected chi connectivity index (χ0v) is 12.2. The fraction of sp³-hybridized carbons (Fsp3) is 0.286. The van der Waals surface area contributed by atoms with Crippen molar-refractivity contribution in [2.24, 2.45) is 0 Å². The lowest BCUT2D eigenvalue weighted by atomic mass is 10.2. The molecule has 0 radical (unpaired) electrons. The van der Waals surface area contributed by atoms with Gasteiger partial charge in [-0.2, -0.15) is 0 Å². The van der Waals surface area contributed by atoms with Crippen LogP contribution in [0.4, 0.5) is 11.6 Å².